The molecule has 0 aromatic rings. The first-order chi connectivity index (χ1) is 7.05. The molecule has 1 aliphatic heterocycles. The molecule has 15 heavy (non-hydrogen) atoms. The number of carbonyl (C=O) groups excluding carboxylic acids is 1. The molecule has 0 saturated carbocycles. The van der Waals surface area contributed by atoms with E-state index < -0.39 is 10.2 Å². The molecule has 0 unspecified atom stereocenters. The average molecular weight is 235 g/mol. The topological polar surface area (TPSA) is 78.5 Å². The molecule has 0 spiro atoms. The smallest absolute Gasteiger partial charge is 0.277 e. The van der Waals surface area contributed by atoms with Crippen LogP contribution in [-0.4, -0.2) is 45.9 Å². The molecule has 7 heteroatoms. The van der Waals surface area contributed by atoms with Crippen LogP contribution in [0.15, 0.2) is 0 Å². The van der Waals surface area contributed by atoms with Gasteiger partial charge in [-0.1, -0.05) is 0 Å². The Labute approximate surface area is 90.2 Å². The molecule has 0 bridgehead atoms. The summed E-state index contributed by atoms with van der Waals surface area (Å²) in [5, 5.41) is 0. The number of hydrogen-bond donors (Lipinski definition) is 2. The maximum atomic E-state index is 11.5. The summed E-state index contributed by atoms with van der Waals surface area (Å²) in [4.78, 5) is 13.2. The van der Waals surface area contributed by atoms with Gasteiger partial charge in [-0.05, 0) is 19.3 Å². The summed E-state index contributed by atoms with van der Waals surface area (Å²) in [5.74, 6) is -0.159. The second-order valence-electron chi connectivity index (χ2n) is 3.47. The third-order valence-corrected chi connectivity index (χ3v) is 3.45. The van der Waals surface area contributed by atoms with E-state index in [2.05, 4.69) is 9.44 Å². The van der Waals surface area contributed by atoms with Crippen LogP contribution in [0.1, 0.15) is 19.3 Å². The first-order valence-corrected chi connectivity index (χ1v) is 6.49. The molecule has 0 aromatic heterocycles. The SMILES string of the molecule is CNS(=O)(=O)NCC(=O)N1CCCCC1. The number of likely N-dealkylation sites (tertiary alicyclic amines) is 1. The van der Waals surface area contributed by atoms with Gasteiger partial charge in [-0.2, -0.15) is 13.1 Å². The fourth-order valence-electron chi connectivity index (χ4n) is 1.48. The van der Waals surface area contributed by atoms with Crippen molar-refractivity contribution in [3.63, 3.8) is 0 Å². The van der Waals surface area contributed by atoms with E-state index in [0.717, 1.165) is 32.4 Å². The van der Waals surface area contributed by atoms with Crippen LogP contribution in [0.2, 0.25) is 0 Å². The third kappa shape index (κ3) is 4.15. The zero-order valence-electron chi connectivity index (χ0n) is 8.82. The number of rotatable bonds is 4. The number of hydrogen-bond acceptors (Lipinski definition) is 3. The number of nitrogens with zero attached hydrogens (tertiary/aromatic N) is 1. The molecule has 88 valence electrons. The quantitative estimate of drug-likeness (QED) is 0.659. The molecule has 0 aliphatic carbocycles. The van der Waals surface area contributed by atoms with Gasteiger partial charge >= 0.3 is 0 Å². The van der Waals surface area contributed by atoms with Gasteiger partial charge in [-0.25, -0.2) is 4.72 Å². The number of carbonyl (C=O) groups is 1. The summed E-state index contributed by atoms with van der Waals surface area (Å²) < 4.78 is 26.3. The van der Waals surface area contributed by atoms with Gasteiger partial charge in [0.05, 0.1) is 6.54 Å². The lowest BCUT2D eigenvalue weighted by atomic mass is 10.1. The third-order valence-electron chi connectivity index (χ3n) is 2.39. The Morgan fingerprint density at radius 1 is 1.27 bits per heavy atom. The molecule has 0 atom stereocenters. The van der Waals surface area contributed by atoms with Crippen LogP contribution < -0.4 is 9.44 Å². The standard InChI is InChI=1S/C8H17N3O3S/c1-9-15(13,14)10-7-8(12)11-5-3-2-4-6-11/h9-10H,2-7H2,1H3. The maximum Gasteiger partial charge on any atom is 0.277 e. The fourth-order valence-corrected chi connectivity index (χ4v) is 1.94. The minimum Gasteiger partial charge on any atom is -0.342 e. The zero-order chi connectivity index (χ0) is 11.3. The minimum atomic E-state index is -3.50. The van der Waals surface area contributed by atoms with Crippen molar-refractivity contribution in [1.82, 2.24) is 14.3 Å². The van der Waals surface area contributed by atoms with Crippen molar-refractivity contribution >= 4 is 16.1 Å². The highest BCUT2D eigenvalue weighted by atomic mass is 32.2. The molecule has 1 aliphatic rings. The number of amides is 1. The molecule has 1 rings (SSSR count). The molecular weight excluding hydrogens is 218 g/mol. The van der Waals surface area contributed by atoms with Crippen molar-refractivity contribution in [3.8, 4) is 0 Å². The Bertz CT molecular complexity index is 309. The molecule has 0 aromatic carbocycles. The molecule has 1 heterocycles. The van der Waals surface area contributed by atoms with Crippen molar-refractivity contribution in [2.24, 2.45) is 0 Å². The van der Waals surface area contributed by atoms with Gasteiger partial charge in [-0.3, -0.25) is 4.79 Å². The Balaban J connectivity index is 2.35. The second-order valence-corrected chi connectivity index (χ2v) is 5.17. The maximum absolute atomic E-state index is 11.5. The minimum absolute atomic E-state index is 0.159. The normalized spacial score (nSPS) is 17.8. The van der Waals surface area contributed by atoms with Crippen molar-refractivity contribution < 1.29 is 13.2 Å². The Morgan fingerprint density at radius 2 is 1.87 bits per heavy atom. The van der Waals surface area contributed by atoms with E-state index in [1.807, 2.05) is 0 Å². The molecule has 0 radical (unpaired) electrons. The largest absolute Gasteiger partial charge is 0.342 e. The van der Waals surface area contributed by atoms with Crippen LogP contribution in [0.5, 0.6) is 0 Å². The van der Waals surface area contributed by atoms with Crippen LogP contribution in [0.3, 0.4) is 0 Å². The fraction of sp³-hybridized carbons (Fsp3) is 0.875. The number of nitrogens with one attached hydrogen (secondary N) is 2. The first-order valence-electron chi connectivity index (χ1n) is 5.01. The van der Waals surface area contributed by atoms with Crippen LogP contribution in [-0.2, 0) is 15.0 Å². The predicted molar refractivity (Wildman–Crippen MR) is 56.4 cm³/mol. The van der Waals surface area contributed by atoms with Crippen LogP contribution in [0.4, 0.5) is 0 Å². The predicted octanol–water partition coefficient (Wildman–Crippen LogP) is -0.947. The van der Waals surface area contributed by atoms with E-state index in [-0.39, 0.29) is 12.5 Å². The van der Waals surface area contributed by atoms with Crippen LogP contribution >= 0.6 is 0 Å². The summed E-state index contributed by atoms with van der Waals surface area (Å²) in [6, 6.07) is 0. The Kier molecular flexibility index (Phi) is 4.49. The zero-order valence-corrected chi connectivity index (χ0v) is 9.64. The van der Waals surface area contributed by atoms with Crippen molar-refractivity contribution in [2.45, 2.75) is 19.3 Å². The first kappa shape index (κ1) is 12.4. The lowest BCUT2D eigenvalue weighted by Crippen LogP contribution is -2.44. The van der Waals surface area contributed by atoms with Crippen LogP contribution in [0, 0.1) is 0 Å². The van der Waals surface area contributed by atoms with E-state index in [1.54, 1.807) is 4.90 Å². The van der Waals surface area contributed by atoms with Crippen LogP contribution in [0.25, 0.3) is 0 Å². The van der Waals surface area contributed by atoms with E-state index in [1.165, 1.54) is 7.05 Å². The van der Waals surface area contributed by atoms with Gasteiger partial charge in [0.1, 0.15) is 0 Å². The van der Waals surface area contributed by atoms with Gasteiger partial charge in [-0.15, -0.1) is 0 Å². The summed E-state index contributed by atoms with van der Waals surface area (Å²) in [7, 11) is -2.20. The average Bonchev–Trinajstić information content (AvgIpc) is 2.27. The van der Waals surface area contributed by atoms with Gasteiger partial charge in [0, 0.05) is 20.1 Å². The van der Waals surface area contributed by atoms with E-state index >= 15 is 0 Å². The lowest BCUT2D eigenvalue weighted by molar-refractivity contribution is -0.130. The highest BCUT2D eigenvalue weighted by Crippen LogP contribution is 2.08. The van der Waals surface area contributed by atoms with E-state index in [0.29, 0.717) is 0 Å². The Morgan fingerprint density at radius 3 is 2.40 bits per heavy atom. The monoisotopic (exact) mass is 235 g/mol. The highest BCUT2D eigenvalue weighted by Gasteiger charge is 2.17. The summed E-state index contributed by atoms with van der Waals surface area (Å²) in [6.07, 6.45) is 3.15. The second kappa shape index (κ2) is 5.43. The van der Waals surface area contributed by atoms with Gasteiger partial charge in [0.2, 0.25) is 5.91 Å². The summed E-state index contributed by atoms with van der Waals surface area (Å²) in [6.45, 7) is 1.31. The molecule has 1 fully saturated rings. The van der Waals surface area contributed by atoms with Gasteiger partial charge < -0.3 is 4.90 Å². The lowest BCUT2D eigenvalue weighted by Gasteiger charge is -2.26. The highest BCUT2D eigenvalue weighted by molar-refractivity contribution is 7.87. The summed E-state index contributed by atoms with van der Waals surface area (Å²) >= 11 is 0. The molecule has 1 amide bonds. The van der Waals surface area contributed by atoms with E-state index in [4.69, 9.17) is 0 Å². The molecule has 2 N–H and O–H groups in total. The van der Waals surface area contributed by atoms with Crippen molar-refractivity contribution in [1.29, 1.82) is 0 Å². The van der Waals surface area contributed by atoms with Gasteiger partial charge in [0.25, 0.3) is 10.2 Å². The molecule has 1 saturated heterocycles. The van der Waals surface area contributed by atoms with Crippen molar-refractivity contribution in [3.05, 3.63) is 0 Å². The van der Waals surface area contributed by atoms with Crippen molar-refractivity contribution in [2.75, 3.05) is 26.7 Å². The van der Waals surface area contributed by atoms with Gasteiger partial charge in [0.15, 0.2) is 0 Å². The molecular formula is C8H17N3O3S. The Hall–Kier alpha value is -0.660. The summed E-state index contributed by atoms with van der Waals surface area (Å²) in [5.41, 5.74) is 0. The number of piperidine rings is 1. The van der Waals surface area contributed by atoms with E-state index in [9.17, 15) is 13.2 Å². The molecule has 6 nitrogen and oxygen atoms in total.